The largest absolute Gasteiger partial charge is 0.272 e. The molecule has 0 saturated carbocycles. The monoisotopic (exact) mass is 350 g/mol. The van der Waals surface area contributed by atoms with E-state index >= 15 is 0 Å². The molecule has 0 radical (unpaired) electrons. The molecule has 2 rings (SSSR count). The van der Waals surface area contributed by atoms with Gasteiger partial charge < -0.3 is 0 Å². The van der Waals surface area contributed by atoms with E-state index in [9.17, 15) is 10.1 Å². The summed E-state index contributed by atoms with van der Waals surface area (Å²) in [4.78, 5) is 10.1. The molecule has 0 fully saturated rings. The maximum absolute atomic E-state index is 10.7. The number of hydrogen-bond donors (Lipinski definition) is 0. The predicted octanol–water partition coefficient (Wildman–Crippen LogP) is 3.38. The zero-order chi connectivity index (χ0) is 13.3. The first-order chi connectivity index (χ1) is 8.52. The molecule has 0 atom stereocenters. The highest BCUT2D eigenvalue weighted by Gasteiger charge is 2.17. The van der Waals surface area contributed by atoms with Crippen LogP contribution in [0.1, 0.15) is 5.69 Å². The molecule has 1 aromatic heterocycles. The summed E-state index contributed by atoms with van der Waals surface area (Å²) in [6.07, 6.45) is 1.63. The summed E-state index contributed by atoms with van der Waals surface area (Å²) in [7, 11) is 0. The average molecular weight is 352 g/mol. The summed E-state index contributed by atoms with van der Waals surface area (Å²) in [6, 6.07) is 2.44. The van der Waals surface area contributed by atoms with Gasteiger partial charge >= 0.3 is 0 Å². The number of aromatic nitrogens is 3. The molecular formula is C9H5BrCl2N4O2. The van der Waals surface area contributed by atoms with Crippen molar-refractivity contribution >= 4 is 44.8 Å². The van der Waals surface area contributed by atoms with E-state index in [4.69, 9.17) is 23.2 Å². The highest BCUT2D eigenvalue weighted by molar-refractivity contribution is 9.08. The Morgan fingerprint density at radius 2 is 2.00 bits per heavy atom. The van der Waals surface area contributed by atoms with E-state index in [-0.39, 0.29) is 15.7 Å². The molecule has 1 aromatic carbocycles. The second-order valence-electron chi connectivity index (χ2n) is 3.30. The Kier molecular flexibility index (Phi) is 3.84. The van der Waals surface area contributed by atoms with Gasteiger partial charge in [0.2, 0.25) is 0 Å². The minimum atomic E-state index is -0.563. The molecule has 0 aliphatic carbocycles. The average Bonchev–Trinajstić information content (AvgIpc) is 2.76. The van der Waals surface area contributed by atoms with Crippen molar-refractivity contribution < 1.29 is 4.92 Å². The molecule has 0 bridgehead atoms. The molecule has 2 aromatic rings. The van der Waals surface area contributed by atoms with Crippen LogP contribution in [0.15, 0.2) is 18.3 Å². The van der Waals surface area contributed by atoms with Crippen molar-refractivity contribution in [1.82, 2.24) is 15.0 Å². The lowest BCUT2D eigenvalue weighted by Gasteiger charge is -2.05. The number of rotatable bonds is 3. The van der Waals surface area contributed by atoms with Crippen molar-refractivity contribution in [2.24, 2.45) is 0 Å². The van der Waals surface area contributed by atoms with Gasteiger partial charge in [-0.05, 0) is 0 Å². The Hall–Kier alpha value is -1.18. The topological polar surface area (TPSA) is 73.8 Å². The Morgan fingerprint density at radius 1 is 1.39 bits per heavy atom. The number of halogens is 3. The van der Waals surface area contributed by atoms with Gasteiger partial charge in [0, 0.05) is 17.5 Å². The predicted molar refractivity (Wildman–Crippen MR) is 70.7 cm³/mol. The minimum Gasteiger partial charge on any atom is -0.258 e. The third kappa shape index (κ3) is 2.47. The van der Waals surface area contributed by atoms with Gasteiger partial charge in [0.1, 0.15) is 5.69 Å². The van der Waals surface area contributed by atoms with Gasteiger partial charge in [-0.15, -0.1) is 5.10 Å². The van der Waals surface area contributed by atoms with Crippen LogP contribution < -0.4 is 0 Å². The first-order valence-electron chi connectivity index (χ1n) is 4.64. The summed E-state index contributed by atoms with van der Waals surface area (Å²) >= 11 is 15.2. The van der Waals surface area contributed by atoms with Crippen molar-refractivity contribution in [3.8, 4) is 5.69 Å². The van der Waals surface area contributed by atoms with Gasteiger partial charge in [0.25, 0.3) is 5.69 Å². The van der Waals surface area contributed by atoms with Crippen molar-refractivity contribution in [2.45, 2.75) is 5.33 Å². The van der Waals surface area contributed by atoms with Crippen LogP contribution in [0.25, 0.3) is 5.69 Å². The van der Waals surface area contributed by atoms with E-state index in [1.54, 1.807) is 6.20 Å². The van der Waals surface area contributed by atoms with Crippen LogP contribution >= 0.6 is 39.1 Å². The number of nitrogens with zero attached hydrogens (tertiary/aromatic N) is 4. The van der Waals surface area contributed by atoms with E-state index in [0.29, 0.717) is 16.7 Å². The fourth-order valence-electron chi connectivity index (χ4n) is 1.35. The smallest absolute Gasteiger partial charge is 0.258 e. The summed E-state index contributed by atoms with van der Waals surface area (Å²) < 4.78 is 1.38. The molecule has 18 heavy (non-hydrogen) atoms. The van der Waals surface area contributed by atoms with E-state index in [1.165, 1.54) is 16.8 Å². The van der Waals surface area contributed by atoms with Gasteiger partial charge in [-0.25, -0.2) is 4.68 Å². The Morgan fingerprint density at radius 3 is 2.44 bits per heavy atom. The van der Waals surface area contributed by atoms with E-state index in [0.717, 1.165) is 0 Å². The maximum atomic E-state index is 10.7. The molecule has 0 spiro atoms. The van der Waals surface area contributed by atoms with Gasteiger partial charge in [0.15, 0.2) is 0 Å². The molecule has 0 unspecified atom stereocenters. The van der Waals surface area contributed by atoms with Gasteiger partial charge in [-0.1, -0.05) is 44.3 Å². The van der Waals surface area contributed by atoms with Crippen molar-refractivity contribution in [3.63, 3.8) is 0 Å². The molecule has 0 N–H and O–H groups in total. The van der Waals surface area contributed by atoms with Crippen molar-refractivity contribution in [2.75, 3.05) is 0 Å². The molecular weight excluding hydrogens is 347 g/mol. The van der Waals surface area contributed by atoms with E-state index < -0.39 is 4.92 Å². The second-order valence-corrected chi connectivity index (χ2v) is 4.68. The normalized spacial score (nSPS) is 10.6. The maximum Gasteiger partial charge on any atom is 0.272 e. The molecule has 1 heterocycles. The van der Waals surface area contributed by atoms with Crippen LogP contribution in [0, 0.1) is 10.1 Å². The number of benzene rings is 1. The van der Waals surface area contributed by atoms with E-state index in [2.05, 4.69) is 26.2 Å². The minimum absolute atomic E-state index is 0.139. The summed E-state index contributed by atoms with van der Waals surface area (Å²) in [5.41, 5.74) is 0.888. The molecule has 0 aliphatic rings. The summed E-state index contributed by atoms with van der Waals surface area (Å²) in [5.74, 6) is 0. The van der Waals surface area contributed by atoms with Crippen LogP contribution in [-0.4, -0.2) is 19.9 Å². The number of hydrogen-bond acceptors (Lipinski definition) is 4. The lowest BCUT2D eigenvalue weighted by molar-refractivity contribution is -0.384. The highest BCUT2D eigenvalue weighted by Crippen LogP contribution is 2.32. The fourth-order valence-corrected chi connectivity index (χ4v) is 2.25. The third-order valence-electron chi connectivity index (χ3n) is 2.12. The number of nitro benzene ring substituents is 1. The standard InChI is InChI=1S/C9H5BrCl2N4O2/c10-3-5-4-15(14-13-5)9-7(11)1-6(16(17)18)2-8(9)12/h1-2,4H,3H2. The van der Waals surface area contributed by atoms with Crippen LogP contribution in [-0.2, 0) is 5.33 Å². The number of nitro groups is 1. The summed E-state index contributed by atoms with van der Waals surface area (Å²) in [5, 5.41) is 19.2. The van der Waals surface area contributed by atoms with Crippen LogP contribution in [0.5, 0.6) is 0 Å². The van der Waals surface area contributed by atoms with Crippen LogP contribution in [0.4, 0.5) is 5.69 Å². The van der Waals surface area contributed by atoms with Crippen molar-refractivity contribution in [1.29, 1.82) is 0 Å². The zero-order valence-corrected chi connectivity index (χ0v) is 11.8. The molecule has 0 saturated heterocycles. The first kappa shape index (κ1) is 13.3. The number of non-ortho nitro benzene ring substituents is 1. The Balaban J connectivity index is 2.54. The molecule has 0 amide bonds. The Labute approximate surface area is 120 Å². The lowest BCUT2D eigenvalue weighted by atomic mass is 10.3. The third-order valence-corrected chi connectivity index (χ3v) is 3.27. The van der Waals surface area contributed by atoms with Crippen LogP contribution in [0.3, 0.4) is 0 Å². The number of alkyl halides is 1. The first-order valence-corrected chi connectivity index (χ1v) is 6.51. The lowest BCUT2D eigenvalue weighted by Crippen LogP contribution is -1.99. The SMILES string of the molecule is O=[N+]([O-])c1cc(Cl)c(-n2cc(CBr)nn2)c(Cl)c1. The fraction of sp³-hybridized carbons (Fsp3) is 0.111. The van der Waals surface area contributed by atoms with Gasteiger partial charge in [0.05, 0.1) is 26.9 Å². The molecule has 9 heteroatoms. The molecule has 94 valence electrons. The highest BCUT2D eigenvalue weighted by atomic mass is 79.9. The van der Waals surface area contributed by atoms with Gasteiger partial charge in [-0.2, -0.15) is 0 Å². The van der Waals surface area contributed by atoms with E-state index in [1.807, 2.05) is 0 Å². The summed E-state index contributed by atoms with van der Waals surface area (Å²) in [6.45, 7) is 0. The Bertz CT molecular complexity index is 593. The van der Waals surface area contributed by atoms with Crippen LogP contribution in [0.2, 0.25) is 10.0 Å². The second kappa shape index (κ2) is 5.21. The van der Waals surface area contributed by atoms with Crippen molar-refractivity contribution in [3.05, 3.63) is 44.2 Å². The quantitative estimate of drug-likeness (QED) is 0.482. The molecule has 6 nitrogen and oxygen atoms in total. The van der Waals surface area contributed by atoms with Gasteiger partial charge in [-0.3, -0.25) is 10.1 Å². The zero-order valence-electron chi connectivity index (χ0n) is 8.68. The molecule has 0 aliphatic heterocycles.